The van der Waals surface area contributed by atoms with Gasteiger partial charge in [0.1, 0.15) is 11.8 Å². The van der Waals surface area contributed by atoms with Gasteiger partial charge in [-0.05, 0) is 31.7 Å². The molecule has 7 nitrogen and oxygen atoms in total. The van der Waals surface area contributed by atoms with Crippen LogP contribution in [-0.2, 0) is 4.74 Å². The molecular weight excluding hydrogens is 320 g/mol. The molecule has 1 aromatic carbocycles. The highest BCUT2D eigenvalue weighted by Gasteiger charge is 2.28. The van der Waals surface area contributed by atoms with Crippen LogP contribution in [0.2, 0.25) is 0 Å². The van der Waals surface area contributed by atoms with Crippen LogP contribution in [0.1, 0.15) is 18.5 Å². The summed E-state index contributed by atoms with van der Waals surface area (Å²) in [6.07, 6.45) is 0. The number of nitrogens with one attached hydrogen (secondary N) is 1. The standard InChI is InChI=1S/C18H26N4O3/c1-4-25-16-7-5-14(6-8-16)17(13-24-3)20-18(23)22-10-9-21(2)15(11-19)12-22/h5-8,15,17H,4,9-10,12-13H2,1-3H3,(H,20,23)/t15-,17-/m1/s1. The van der Waals surface area contributed by atoms with Crippen LogP contribution in [-0.4, -0.2) is 68.9 Å². The van der Waals surface area contributed by atoms with Crippen LogP contribution in [0, 0.1) is 11.3 Å². The number of nitrogens with zero attached hydrogens (tertiary/aromatic N) is 3. The molecule has 0 radical (unpaired) electrons. The maximum atomic E-state index is 12.6. The summed E-state index contributed by atoms with van der Waals surface area (Å²) in [5, 5.41) is 12.2. The zero-order valence-corrected chi connectivity index (χ0v) is 15.1. The predicted octanol–water partition coefficient (Wildman–Crippen LogP) is 1.62. The Balaban J connectivity index is 2.03. The van der Waals surface area contributed by atoms with Crippen LogP contribution in [0.25, 0.3) is 0 Å². The topological polar surface area (TPSA) is 77.8 Å². The van der Waals surface area contributed by atoms with Crippen molar-refractivity contribution in [1.82, 2.24) is 15.1 Å². The van der Waals surface area contributed by atoms with Gasteiger partial charge >= 0.3 is 6.03 Å². The molecule has 0 unspecified atom stereocenters. The van der Waals surface area contributed by atoms with E-state index in [-0.39, 0.29) is 18.1 Å². The van der Waals surface area contributed by atoms with E-state index in [1.807, 2.05) is 43.1 Å². The van der Waals surface area contributed by atoms with E-state index in [0.717, 1.165) is 11.3 Å². The van der Waals surface area contributed by atoms with Crippen molar-refractivity contribution in [1.29, 1.82) is 5.26 Å². The molecule has 1 N–H and O–H groups in total. The first-order valence-corrected chi connectivity index (χ1v) is 8.46. The van der Waals surface area contributed by atoms with Gasteiger partial charge in [0.25, 0.3) is 0 Å². The Kier molecular flexibility index (Phi) is 7.04. The first-order valence-electron chi connectivity index (χ1n) is 8.46. The molecule has 0 aromatic heterocycles. The lowest BCUT2D eigenvalue weighted by Gasteiger charge is -2.36. The summed E-state index contributed by atoms with van der Waals surface area (Å²) in [6.45, 7) is 4.61. The summed E-state index contributed by atoms with van der Waals surface area (Å²) in [5.74, 6) is 0.796. The van der Waals surface area contributed by atoms with E-state index in [9.17, 15) is 10.1 Å². The number of hydrogen-bond acceptors (Lipinski definition) is 5. The second-order valence-corrected chi connectivity index (χ2v) is 6.03. The molecule has 1 saturated heterocycles. The molecule has 1 aromatic rings. The van der Waals surface area contributed by atoms with Gasteiger partial charge in [0, 0.05) is 20.2 Å². The number of amides is 2. The van der Waals surface area contributed by atoms with Gasteiger partial charge in [0.2, 0.25) is 0 Å². The Morgan fingerprint density at radius 1 is 1.40 bits per heavy atom. The second kappa shape index (κ2) is 9.25. The normalized spacial score (nSPS) is 19.1. The van der Waals surface area contributed by atoms with E-state index in [0.29, 0.717) is 32.8 Å². The van der Waals surface area contributed by atoms with Crippen LogP contribution in [0.15, 0.2) is 24.3 Å². The van der Waals surface area contributed by atoms with Crippen LogP contribution >= 0.6 is 0 Å². The molecular formula is C18H26N4O3. The Labute approximate surface area is 149 Å². The molecule has 136 valence electrons. The zero-order chi connectivity index (χ0) is 18.2. The highest BCUT2D eigenvalue weighted by atomic mass is 16.5. The Bertz CT molecular complexity index is 599. The number of carbonyl (C=O) groups is 1. The van der Waals surface area contributed by atoms with Gasteiger partial charge in [-0.1, -0.05) is 12.1 Å². The van der Waals surface area contributed by atoms with E-state index >= 15 is 0 Å². The molecule has 2 atom stereocenters. The number of benzene rings is 1. The van der Waals surface area contributed by atoms with Crippen molar-refractivity contribution in [3.05, 3.63) is 29.8 Å². The SMILES string of the molecule is CCOc1ccc([C@@H](COC)NC(=O)N2CCN(C)[C@H](C#N)C2)cc1. The van der Waals surface area contributed by atoms with Crippen molar-refractivity contribution in [2.24, 2.45) is 0 Å². The summed E-state index contributed by atoms with van der Waals surface area (Å²) < 4.78 is 10.7. The molecule has 1 heterocycles. The average molecular weight is 346 g/mol. The molecule has 0 bridgehead atoms. The van der Waals surface area contributed by atoms with Gasteiger partial charge in [0.05, 0.1) is 31.9 Å². The minimum atomic E-state index is -0.272. The fourth-order valence-corrected chi connectivity index (χ4v) is 2.79. The Hall–Kier alpha value is -2.30. The number of piperazine rings is 1. The largest absolute Gasteiger partial charge is 0.494 e. The fraction of sp³-hybridized carbons (Fsp3) is 0.556. The van der Waals surface area contributed by atoms with E-state index in [1.165, 1.54) is 0 Å². The molecule has 2 amide bonds. The van der Waals surface area contributed by atoms with Crippen molar-refractivity contribution >= 4 is 6.03 Å². The van der Waals surface area contributed by atoms with Gasteiger partial charge in [-0.2, -0.15) is 5.26 Å². The third-order valence-corrected chi connectivity index (χ3v) is 4.31. The van der Waals surface area contributed by atoms with Gasteiger partial charge in [-0.15, -0.1) is 0 Å². The third kappa shape index (κ3) is 5.08. The fourth-order valence-electron chi connectivity index (χ4n) is 2.79. The van der Waals surface area contributed by atoms with Gasteiger partial charge < -0.3 is 19.7 Å². The lowest BCUT2D eigenvalue weighted by Crippen LogP contribution is -2.55. The third-order valence-electron chi connectivity index (χ3n) is 4.31. The van der Waals surface area contributed by atoms with Crippen LogP contribution < -0.4 is 10.1 Å². The molecule has 1 fully saturated rings. The number of methoxy groups -OCH3 is 1. The number of urea groups is 1. The molecule has 0 spiro atoms. The first-order chi connectivity index (χ1) is 12.1. The Morgan fingerprint density at radius 2 is 2.12 bits per heavy atom. The van der Waals surface area contributed by atoms with Crippen molar-refractivity contribution in [3.8, 4) is 11.8 Å². The lowest BCUT2D eigenvalue weighted by atomic mass is 10.1. The number of hydrogen-bond donors (Lipinski definition) is 1. The average Bonchev–Trinajstić information content (AvgIpc) is 2.62. The Morgan fingerprint density at radius 3 is 2.72 bits per heavy atom. The molecule has 0 saturated carbocycles. The minimum absolute atomic E-state index is 0.177. The van der Waals surface area contributed by atoms with Crippen molar-refractivity contribution < 1.29 is 14.3 Å². The first kappa shape index (κ1) is 19.0. The summed E-state index contributed by atoms with van der Waals surface area (Å²) >= 11 is 0. The van der Waals surface area contributed by atoms with Crippen molar-refractivity contribution in [2.45, 2.75) is 19.0 Å². The number of rotatable bonds is 6. The van der Waals surface area contributed by atoms with E-state index in [1.54, 1.807) is 12.0 Å². The number of carbonyl (C=O) groups excluding carboxylic acids is 1. The molecule has 2 rings (SSSR count). The highest BCUT2D eigenvalue weighted by molar-refractivity contribution is 5.75. The summed E-state index contributed by atoms with van der Waals surface area (Å²) in [5.41, 5.74) is 0.949. The maximum absolute atomic E-state index is 12.6. The van der Waals surface area contributed by atoms with Gasteiger partial charge in [-0.3, -0.25) is 4.90 Å². The monoisotopic (exact) mass is 346 g/mol. The number of likely N-dealkylation sites (N-methyl/N-ethyl adjacent to an activating group) is 1. The van der Waals surface area contributed by atoms with Crippen LogP contribution in [0.3, 0.4) is 0 Å². The van der Waals surface area contributed by atoms with Gasteiger partial charge in [0.15, 0.2) is 0 Å². The lowest BCUT2D eigenvalue weighted by molar-refractivity contribution is 0.121. The molecule has 1 aliphatic heterocycles. The quantitative estimate of drug-likeness (QED) is 0.847. The minimum Gasteiger partial charge on any atom is -0.494 e. The number of nitriles is 1. The molecule has 7 heteroatoms. The molecule has 1 aliphatic rings. The molecule has 25 heavy (non-hydrogen) atoms. The van der Waals surface area contributed by atoms with E-state index in [4.69, 9.17) is 9.47 Å². The van der Waals surface area contributed by atoms with Gasteiger partial charge in [-0.25, -0.2) is 4.79 Å². The molecule has 0 aliphatic carbocycles. The second-order valence-electron chi connectivity index (χ2n) is 6.03. The zero-order valence-electron chi connectivity index (χ0n) is 15.1. The summed E-state index contributed by atoms with van der Waals surface area (Å²) in [6, 6.07) is 9.15. The van der Waals surface area contributed by atoms with E-state index in [2.05, 4.69) is 11.4 Å². The summed E-state index contributed by atoms with van der Waals surface area (Å²) in [4.78, 5) is 16.2. The maximum Gasteiger partial charge on any atom is 0.318 e. The van der Waals surface area contributed by atoms with Crippen LogP contribution in [0.5, 0.6) is 5.75 Å². The van der Waals surface area contributed by atoms with E-state index < -0.39 is 0 Å². The predicted molar refractivity (Wildman–Crippen MR) is 94.4 cm³/mol. The van der Waals surface area contributed by atoms with Crippen molar-refractivity contribution in [2.75, 3.05) is 47.0 Å². The highest BCUT2D eigenvalue weighted by Crippen LogP contribution is 2.19. The summed E-state index contributed by atoms with van der Waals surface area (Å²) in [7, 11) is 3.51. The van der Waals surface area contributed by atoms with Crippen LogP contribution in [0.4, 0.5) is 4.79 Å². The smallest absolute Gasteiger partial charge is 0.318 e. The number of ether oxygens (including phenoxy) is 2. The van der Waals surface area contributed by atoms with Crippen molar-refractivity contribution in [3.63, 3.8) is 0 Å².